The maximum atomic E-state index is 13.1. The fraction of sp³-hybridized carbons (Fsp3) is 0.350. The first-order valence-electron chi connectivity index (χ1n) is 9.20. The smallest absolute Gasteiger partial charge is 0.353 e. The summed E-state index contributed by atoms with van der Waals surface area (Å²) in [5.41, 5.74) is 0.782. The van der Waals surface area contributed by atoms with Crippen molar-refractivity contribution in [3.63, 3.8) is 0 Å². The van der Waals surface area contributed by atoms with Crippen molar-refractivity contribution < 1.29 is 14.7 Å². The van der Waals surface area contributed by atoms with Crippen molar-refractivity contribution in [2.75, 3.05) is 39.0 Å². The van der Waals surface area contributed by atoms with Crippen LogP contribution in [0.1, 0.15) is 6.92 Å². The minimum atomic E-state index is -1.06. The first-order chi connectivity index (χ1) is 13.4. The third-order valence-corrected chi connectivity index (χ3v) is 4.67. The Labute approximate surface area is 164 Å². The van der Waals surface area contributed by atoms with Crippen molar-refractivity contribution in [1.29, 1.82) is 0 Å². The molecule has 1 unspecified atom stereocenters. The summed E-state index contributed by atoms with van der Waals surface area (Å²) in [6, 6.07) is 6.93. The molecule has 0 saturated heterocycles. The van der Waals surface area contributed by atoms with Crippen LogP contribution in [-0.2, 0) is 9.59 Å². The molecule has 1 atom stereocenters. The first-order valence-corrected chi connectivity index (χ1v) is 9.20. The predicted molar refractivity (Wildman–Crippen MR) is 108 cm³/mol. The number of aliphatic carboxylic acids is 1. The molecular weight excluding hydrogens is 358 g/mol. The van der Waals surface area contributed by atoms with E-state index in [4.69, 9.17) is 0 Å². The molecule has 1 aromatic heterocycles. The number of likely N-dealkylation sites (N-methyl/N-ethyl adjacent to an activating group) is 2. The van der Waals surface area contributed by atoms with Gasteiger partial charge in [0.2, 0.25) is 0 Å². The van der Waals surface area contributed by atoms with E-state index in [1.54, 1.807) is 17.4 Å². The van der Waals surface area contributed by atoms with E-state index in [2.05, 4.69) is 10.3 Å². The van der Waals surface area contributed by atoms with Gasteiger partial charge in [-0.2, -0.15) is 0 Å². The molecule has 0 radical (unpaired) electrons. The van der Waals surface area contributed by atoms with Crippen molar-refractivity contribution in [3.8, 4) is 0 Å². The lowest BCUT2D eigenvalue weighted by atomic mass is 10.1. The highest BCUT2D eigenvalue weighted by atomic mass is 16.4. The largest absolute Gasteiger partial charge is 0.477 e. The van der Waals surface area contributed by atoms with Gasteiger partial charge in [0.15, 0.2) is 0 Å². The van der Waals surface area contributed by atoms with Gasteiger partial charge in [-0.1, -0.05) is 24.3 Å². The molecule has 1 aliphatic heterocycles. The molecule has 8 nitrogen and oxygen atoms in total. The van der Waals surface area contributed by atoms with E-state index < -0.39 is 12.0 Å². The monoisotopic (exact) mass is 383 g/mol. The molecule has 3 rings (SSSR count). The zero-order valence-corrected chi connectivity index (χ0v) is 16.3. The number of carboxylic acid groups (broad SMARTS) is 1. The molecule has 1 aromatic carbocycles. The number of carbonyl (C=O) groups excluding carboxylic acids is 1. The van der Waals surface area contributed by atoms with Crippen LogP contribution in [0.3, 0.4) is 0 Å². The number of pyridine rings is 1. The second-order valence-electron chi connectivity index (χ2n) is 6.87. The Balaban J connectivity index is 1.96. The number of hydrogen-bond acceptors (Lipinski definition) is 6. The minimum Gasteiger partial charge on any atom is -0.477 e. The topological polar surface area (TPSA) is 89.0 Å². The Kier molecular flexibility index (Phi) is 5.79. The van der Waals surface area contributed by atoms with Crippen molar-refractivity contribution >= 4 is 28.3 Å². The zero-order chi connectivity index (χ0) is 20.3. The molecule has 1 amide bonds. The Morgan fingerprint density at radius 1 is 1.25 bits per heavy atom. The van der Waals surface area contributed by atoms with Gasteiger partial charge >= 0.3 is 5.97 Å². The number of nitrogens with one attached hydrogen (secondary N) is 1. The molecule has 0 fully saturated rings. The number of nitrogens with zero attached hydrogens (tertiary/aromatic N) is 4. The summed E-state index contributed by atoms with van der Waals surface area (Å²) in [5, 5.41) is 17.8. The molecule has 0 aliphatic carbocycles. The Morgan fingerprint density at radius 2 is 2.00 bits per heavy atom. The third-order valence-electron chi connectivity index (χ3n) is 4.67. The van der Waals surface area contributed by atoms with Crippen LogP contribution in [0.15, 0.2) is 48.4 Å². The quantitative estimate of drug-likeness (QED) is 0.751. The maximum Gasteiger partial charge on any atom is 0.353 e. The second-order valence-corrected chi connectivity index (χ2v) is 6.87. The fourth-order valence-electron chi connectivity index (χ4n) is 3.27. The fourth-order valence-corrected chi connectivity index (χ4v) is 3.27. The number of aromatic nitrogens is 1. The molecule has 148 valence electrons. The van der Waals surface area contributed by atoms with Crippen molar-refractivity contribution in [1.82, 2.24) is 19.9 Å². The van der Waals surface area contributed by atoms with E-state index >= 15 is 0 Å². The second kappa shape index (κ2) is 8.26. The number of carbonyl (C=O) groups is 2. The summed E-state index contributed by atoms with van der Waals surface area (Å²) in [6.45, 7) is 3.25. The zero-order valence-electron chi connectivity index (χ0n) is 16.3. The van der Waals surface area contributed by atoms with E-state index in [-0.39, 0.29) is 11.6 Å². The highest BCUT2D eigenvalue weighted by molar-refractivity contribution is 5.98. The normalized spacial score (nSPS) is 17.2. The number of carboxylic acids is 1. The number of fused-ring (bicyclic) bond motifs is 1. The van der Waals surface area contributed by atoms with Crippen LogP contribution >= 0.6 is 0 Å². The molecular formula is C20H25N5O3. The number of anilines is 1. The standard InChI is InChI=1S/C20H25N5O3/c1-4-24-19(26)16(11-18(20(27)28)25(24)10-9-23(2)3)22-17-13-21-12-14-7-5-6-8-15(14)17/h5-8,11-13,16,22H,4,9-10H2,1-3H3,(H,27,28). The van der Waals surface area contributed by atoms with Crippen LogP contribution in [0.4, 0.5) is 5.69 Å². The summed E-state index contributed by atoms with van der Waals surface area (Å²) in [6.07, 6.45) is 4.88. The maximum absolute atomic E-state index is 13.1. The average Bonchev–Trinajstić information content (AvgIpc) is 2.67. The molecule has 2 heterocycles. The van der Waals surface area contributed by atoms with Gasteiger partial charge in [-0.05, 0) is 27.1 Å². The van der Waals surface area contributed by atoms with Gasteiger partial charge in [0.1, 0.15) is 11.7 Å². The van der Waals surface area contributed by atoms with Crippen molar-refractivity contribution in [2.45, 2.75) is 13.0 Å². The number of amides is 1. The number of hydrogen-bond donors (Lipinski definition) is 2. The van der Waals surface area contributed by atoms with E-state index in [1.165, 1.54) is 11.1 Å². The van der Waals surface area contributed by atoms with E-state index in [9.17, 15) is 14.7 Å². The highest BCUT2D eigenvalue weighted by Gasteiger charge is 2.36. The van der Waals surface area contributed by atoms with Gasteiger partial charge in [0.25, 0.3) is 5.91 Å². The summed E-state index contributed by atoms with van der Waals surface area (Å²) >= 11 is 0. The van der Waals surface area contributed by atoms with Crippen molar-refractivity contribution in [2.24, 2.45) is 0 Å². The minimum absolute atomic E-state index is 0.0917. The van der Waals surface area contributed by atoms with Crippen molar-refractivity contribution in [3.05, 3.63) is 48.4 Å². The highest BCUT2D eigenvalue weighted by Crippen LogP contribution is 2.25. The van der Waals surface area contributed by atoms with E-state index in [0.717, 1.165) is 10.8 Å². The molecule has 0 saturated carbocycles. The van der Waals surface area contributed by atoms with Crippen LogP contribution in [-0.4, -0.2) is 76.7 Å². The number of rotatable bonds is 7. The summed E-state index contributed by atoms with van der Waals surface area (Å²) in [7, 11) is 3.81. The lowest BCUT2D eigenvalue weighted by molar-refractivity contribution is -0.152. The van der Waals surface area contributed by atoms with Gasteiger partial charge in [-0.15, -0.1) is 0 Å². The van der Waals surface area contributed by atoms with Crippen LogP contribution in [0, 0.1) is 0 Å². The molecule has 2 aromatic rings. The van der Waals surface area contributed by atoms with Crippen LogP contribution in [0.5, 0.6) is 0 Å². The number of hydrazine groups is 1. The van der Waals surface area contributed by atoms with Gasteiger partial charge < -0.3 is 15.3 Å². The van der Waals surface area contributed by atoms with Gasteiger partial charge in [-0.3, -0.25) is 19.8 Å². The lowest BCUT2D eigenvalue weighted by Crippen LogP contribution is -2.57. The van der Waals surface area contributed by atoms with Crippen LogP contribution in [0.25, 0.3) is 10.8 Å². The molecule has 1 aliphatic rings. The van der Waals surface area contributed by atoms with Gasteiger partial charge in [-0.25, -0.2) is 4.79 Å². The predicted octanol–water partition coefficient (Wildman–Crippen LogP) is 1.62. The first kappa shape index (κ1) is 19.6. The molecule has 0 bridgehead atoms. The van der Waals surface area contributed by atoms with E-state index in [0.29, 0.717) is 25.3 Å². The average molecular weight is 383 g/mol. The Hall–Kier alpha value is -3.13. The van der Waals surface area contributed by atoms with Crippen LogP contribution in [0.2, 0.25) is 0 Å². The SMILES string of the molecule is CCN1C(=O)C(Nc2cncc3ccccc23)C=C(C(=O)O)N1CCN(C)C. The Morgan fingerprint density at radius 3 is 2.68 bits per heavy atom. The molecule has 0 spiro atoms. The van der Waals surface area contributed by atoms with Gasteiger partial charge in [0, 0.05) is 30.1 Å². The Bertz CT molecular complexity index is 906. The number of benzene rings is 1. The molecule has 2 N–H and O–H groups in total. The molecule has 28 heavy (non-hydrogen) atoms. The third kappa shape index (κ3) is 3.91. The lowest BCUT2D eigenvalue weighted by Gasteiger charge is -2.41. The summed E-state index contributed by atoms with van der Waals surface area (Å²) < 4.78 is 0. The van der Waals surface area contributed by atoms with E-state index in [1.807, 2.05) is 50.2 Å². The summed E-state index contributed by atoms with van der Waals surface area (Å²) in [5.74, 6) is -1.26. The van der Waals surface area contributed by atoms with Gasteiger partial charge in [0.05, 0.1) is 18.4 Å². The summed E-state index contributed by atoms with van der Waals surface area (Å²) in [4.78, 5) is 31.1. The molecule has 8 heteroatoms. The van der Waals surface area contributed by atoms with Crippen LogP contribution < -0.4 is 5.32 Å².